The van der Waals surface area contributed by atoms with Crippen LogP contribution in [0.3, 0.4) is 0 Å². The van der Waals surface area contributed by atoms with Gasteiger partial charge in [0.1, 0.15) is 5.69 Å². The number of Topliss-reactive ketones (excluding diaryl/α,β-unsaturated/α-hetero) is 1. The molecule has 3 aromatic rings. The lowest BCUT2D eigenvalue weighted by atomic mass is 10.0. The largest absolute Gasteiger partial charge is 0.433 e. The summed E-state index contributed by atoms with van der Waals surface area (Å²) in [5.74, 6) is -2.81. The fourth-order valence-electron chi connectivity index (χ4n) is 5.39. The predicted octanol–water partition coefficient (Wildman–Crippen LogP) is 6.53. The van der Waals surface area contributed by atoms with Gasteiger partial charge in [-0.25, -0.2) is 22.8 Å². The summed E-state index contributed by atoms with van der Waals surface area (Å²) in [5, 5.41) is 6.38. The Morgan fingerprint density at radius 1 is 0.940 bits per heavy atom. The molecule has 50 heavy (non-hydrogen) atoms. The number of hydrogen-bond acceptors (Lipinski definition) is 9. The van der Waals surface area contributed by atoms with Crippen LogP contribution in [0.1, 0.15) is 95.5 Å². The number of rotatable bonds is 20. The number of amides is 3. The van der Waals surface area contributed by atoms with Gasteiger partial charge in [-0.3, -0.25) is 14.4 Å². The van der Waals surface area contributed by atoms with E-state index in [1.165, 1.54) is 76.8 Å². The summed E-state index contributed by atoms with van der Waals surface area (Å²) in [6.07, 6.45) is 11.1. The van der Waals surface area contributed by atoms with Crippen LogP contribution in [0.4, 0.5) is 10.5 Å². The minimum Gasteiger partial charge on any atom is -0.433 e. The summed E-state index contributed by atoms with van der Waals surface area (Å²) < 4.78 is 34.0. The number of nitrogens with one attached hydrogen (secondary N) is 2. The van der Waals surface area contributed by atoms with Gasteiger partial charge in [0.15, 0.2) is 17.4 Å². The molecular weight excluding hydrogens is 686 g/mol. The summed E-state index contributed by atoms with van der Waals surface area (Å²) in [7, 11) is -4.00. The molecule has 1 aliphatic heterocycles. The smallest absolute Gasteiger partial charge is 0.418 e. The molecule has 0 bridgehead atoms. The van der Waals surface area contributed by atoms with Gasteiger partial charge in [-0.2, -0.15) is 0 Å². The number of benzene rings is 2. The van der Waals surface area contributed by atoms with Crippen molar-refractivity contribution < 1.29 is 37.2 Å². The topological polar surface area (TPSA) is 166 Å². The highest BCUT2D eigenvalue weighted by Crippen LogP contribution is 2.30. The number of unbranched alkanes of at least 4 members (excludes halogenated alkanes) is 9. The number of carbonyl (C=O) groups excluding carboxylic acids is 4. The quantitative estimate of drug-likeness (QED) is 0.0747. The van der Waals surface area contributed by atoms with Crippen LogP contribution in [0.15, 0.2) is 65.7 Å². The third-order valence-electron chi connectivity index (χ3n) is 8.15. The van der Waals surface area contributed by atoms with Crippen LogP contribution < -0.4 is 14.9 Å². The Morgan fingerprint density at radius 3 is 2.20 bits per heavy atom. The second-order valence-electron chi connectivity index (χ2n) is 12.5. The van der Waals surface area contributed by atoms with Crippen molar-refractivity contribution in [1.82, 2.24) is 19.6 Å². The Balaban J connectivity index is 1.47. The Morgan fingerprint density at radius 2 is 1.58 bits per heavy atom. The van der Waals surface area contributed by atoms with Gasteiger partial charge in [0.05, 0.1) is 21.8 Å². The normalized spacial score (nSPS) is 14.8. The minimum absolute atomic E-state index is 0.0497. The van der Waals surface area contributed by atoms with E-state index in [9.17, 15) is 27.6 Å². The number of halogens is 1. The van der Waals surface area contributed by atoms with Gasteiger partial charge < -0.3 is 14.9 Å². The molecule has 1 aliphatic rings. The van der Waals surface area contributed by atoms with E-state index in [1.807, 2.05) is 0 Å². The van der Waals surface area contributed by atoms with Crippen LogP contribution in [-0.2, 0) is 24.3 Å². The SMILES string of the molecule is CCCCCCCCCCCCNS(=O)(=O)c1ccc(Cl)c(NC(=O)C(C(=O)c2ccnn2Oc2ccccc2)N2C(=O)OC(C)(C)C2=O)c1. The van der Waals surface area contributed by atoms with Crippen LogP contribution in [0.5, 0.6) is 5.75 Å². The maximum absolute atomic E-state index is 14.0. The Bertz CT molecular complexity index is 1760. The van der Waals surface area contributed by atoms with Crippen LogP contribution in [0.2, 0.25) is 5.02 Å². The monoisotopic (exact) mass is 729 g/mol. The number of aromatic nitrogens is 2. The average molecular weight is 730 g/mol. The first-order chi connectivity index (χ1) is 23.9. The molecule has 1 saturated heterocycles. The predicted molar refractivity (Wildman–Crippen MR) is 187 cm³/mol. The highest BCUT2D eigenvalue weighted by molar-refractivity contribution is 7.89. The molecule has 0 radical (unpaired) electrons. The molecule has 2 N–H and O–H groups in total. The fourth-order valence-corrected chi connectivity index (χ4v) is 6.66. The lowest BCUT2D eigenvalue weighted by Gasteiger charge is -2.23. The molecule has 1 atom stereocenters. The minimum atomic E-state index is -4.00. The molecule has 1 fully saturated rings. The molecule has 0 saturated carbocycles. The number of ketones is 1. The number of nitrogens with zero attached hydrogens (tertiary/aromatic N) is 3. The van der Waals surface area contributed by atoms with Gasteiger partial charge in [0.25, 0.3) is 11.8 Å². The third kappa shape index (κ3) is 9.92. The lowest BCUT2D eigenvalue weighted by molar-refractivity contribution is -0.137. The molecule has 2 aromatic carbocycles. The van der Waals surface area contributed by atoms with Crippen molar-refractivity contribution in [2.75, 3.05) is 11.9 Å². The molecule has 0 aliphatic carbocycles. The average Bonchev–Trinajstić information content (AvgIpc) is 3.61. The Labute approximate surface area is 297 Å². The second-order valence-corrected chi connectivity index (χ2v) is 14.7. The number of sulfonamides is 1. The first-order valence-electron chi connectivity index (χ1n) is 16.8. The summed E-state index contributed by atoms with van der Waals surface area (Å²) >= 11 is 6.35. The number of anilines is 1. The van der Waals surface area contributed by atoms with Crippen molar-refractivity contribution in [2.45, 2.75) is 102 Å². The Hall–Kier alpha value is -4.27. The molecular formula is C35H44ClN5O8S. The Kier molecular flexibility index (Phi) is 13.6. The molecule has 2 heterocycles. The van der Waals surface area contributed by atoms with E-state index in [-0.39, 0.29) is 27.8 Å². The van der Waals surface area contributed by atoms with Crippen LogP contribution >= 0.6 is 11.6 Å². The van der Waals surface area contributed by atoms with Crippen molar-refractivity contribution in [3.05, 3.63) is 71.5 Å². The van der Waals surface area contributed by atoms with Gasteiger partial charge in [-0.05, 0) is 56.7 Å². The molecule has 13 nitrogen and oxygen atoms in total. The zero-order valence-electron chi connectivity index (χ0n) is 28.5. The second kappa shape index (κ2) is 17.6. The number of cyclic esters (lactones) is 1. The van der Waals surface area contributed by atoms with E-state index < -0.39 is 45.4 Å². The summed E-state index contributed by atoms with van der Waals surface area (Å²) in [5.41, 5.74) is -2.09. The summed E-state index contributed by atoms with van der Waals surface area (Å²) in [4.78, 5) is 60.8. The highest BCUT2D eigenvalue weighted by Gasteiger charge is 2.54. The van der Waals surface area contributed by atoms with Crippen molar-refractivity contribution in [3.8, 4) is 5.75 Å². The van der Waals surface area contributed by atoms with Gasteiger partial charge in [-0.15, -0.1) is 5.10 Å². The molecule has 15 heteroatoms. The first kappa shape index (κ1) is 38.5. The number of ether oxygens (including phenoxy) is 1. The molecule has 4 rings (SSSR count). The van der Waals surface area contributed by atoms with Gasteiger partial charge in [0, 0.05) is 6.54 Å². The van der Waals surface area contributed by atoms with E-state index >= 15 is 0 Å². The van der Waals surface area contributed by atoms with E-state index in [0.717, 1.165) is 30.2 Å². The van der Waals surface area contributed by atoms with Crippen molar-refractivity contribution in [2.24, 2.45) is 0 Å². The molecule has 1 unspecified atom stereocenters. The molecule has 3 amide bonds. The molecule has 0 spiro atoms. The van der Waals surface area contributed by atoms with Gasteiger partial charge in [-0.1, -0.05) is 99.4 Å². The molecule has 270 valence electrons. The van der Waals surface area contributed by atoms with Gasteiger partial charge in [0.2, 0.25) is 15.8 Å². The number of imide groups is 1. The van der Waals surface area contributed by atoms with E-state index in [0.29, 0.717) is 17.1 Å². The standard InChI is InChI=1S/C35H44ClN5O8S/c1-4-5-6-7-8-9-10-11-12-16-22-38-50(46,47)26-19-20-27(36)28(24-26)39-32(43)30(40-33(44)35(2,3)48-34(40)45)31(42)29-21-23-37-41(29)49-25-17-14-13-15-18-25/h13-15,17-21,23-24,30,38H,4-12,16,22H2,1-3H3,(H,39,43). The zero-order chi connectivity index (χ0) is 36.3. The van der Waals surface area contributed by atoms with Crippen LogP contribution in [0, 0.1) is 0 Å². The first-order valence-corrected chi connectivity index (χ1v) is 18.7. The lowest BCUT2D eigenvalue weighted by Crippen LogP contribution is -2.53. The number of hydrogen-bond donors (Lipinski definition) is 2. The summed E-state index contributed by atoms with van der Waals surface area (Å²) in [6.45, 7) is 5.07. The van der Waals surface area contributed by atoms with E-state index in [1.54, 1.807) is 30.3 Å². The van der Waals surface area contributed by atoms with E-state index in [2.05, 4.69) is 22.1 Å². The van der Waals surface area contributed by atoms with E-state index in [4.69, 9.17) is 21.2 Å². The zero-order valence-corrected chi connectivity index (χ0v) is 30.1. The fraction of sp³-hybridized carbons (Fsp3) is 0.457. The number of carbonyl (C=O) groups is 4. The third-order valence-corrected chi connectivity index (χ3v) is 9.94. The number of para-hydroxylation sites is 1. The van der Waals surface area contributed by atoms with Crippen LogP contribution in [-0.4, -0.2) is 65.1 Å². The van der Waals surface area contributed by atoms with Crippen LogP contribution in [0.25, 0.3) is 0 Å². The van der Waals surface area contributed by atoms with Gasteiger partial charge >= 0.3 is 6.09 Å². The maximum Gasteiger partial charge on any atom is 0.418 e. The maximum atomic E-state index is 14.0. The van der Waals surface area contributed by atoms with Crippen molar-refractivity contribution in [3.63, 3.8) is 0 Å². The highest BCUT2D eigenvalue weighted by atomic mass is 35.5. The van der Waals surface area contributed by atoms with Crippen molar-refractivity contribution >= 4 is 51.0 Å². The summed E-state index contributed by atoms with van der Waals surface area (Å²) in [6, 6.07) is 11.2. The van der Waals surface area contributed by atoms with Crippen molar-refractivity contribution in [1.29, 1.82) is 0 Å². The molecule has 1 aromatic heterocycles.